The topological polar surface area (TPSA) is 46.5 Å². The molecule has 3 nitrogen and oxygen atoms in total. The monoisotopic (exact) mass is 306 g/mol. The lowest BCUT2D eigenvalue weighted by Crippen LogP contribution is -2.52. The van der Waals surface area contributed by atoms with E-state index < -0.39 is 0 Å². The highest BCUT2D eigenvalue weighted by Crippen LogP contribution is 2.67. The van der Waals surface area contributed by atoms with Crippen molar-refractivity contribution in [3.63, 3.8) is 0 Å². The zero-order valence-corrected chi connectivity index (χ0v) is 14.1. The van der Waals surface area contributed by atoms with Crippen LogP contribution in [0.2, 0.25) is 0 Å². The van der Waals surface area contributed by atoms with Gasteiger partial charge in [-0.1, -0.05) is 5.57 Å². The number of hydrogen-bond donors (Lipinski definition) is 1. The van der Waals surface area contributed by atoms with Gasteiger partial charge in [-0.05, 0) is 87.9 Å². The van der Waals surface area contributed by atoms with E-state index in [4.69, 9.17) is 4.74 Å². The Morgan fingerprint density at radius 3 is 2.27 bits per heavy atom. The first-order chi connectivity index (χ1) is 10.4. The van der Waals surface area contributed by atoms with Crippen molar-refractivity contribution in [1.29, 1.82) is 0 Å². The first-order valence-corrected chi connectivity index (χ1v) is 8.87. The number of carbonyl (C=O) groups is 1. The van der Waals surface area contributed by atoms with Gasteiger partial charge in [0.15, 0.2) is 0 Å². The lowest BCUT2D eigenvalue weighted by Gasteiger charge is -2.62. The molecule has 4 bridgehead atoms. The number of ether oxygens (including phenoxy) is 1. The normalized spacial score (nSPS) is 38.9. The van der Waals surface area contributed by atoms with Crippen LogP contribution < -0.4 is 0 Å². The smallest absolute Gasteiger partial charge is 0.330 e. The third kappa shape index (κ3) is 3.24. The van der Waals surface area contributed by atoms with Gasteiger partial charge in [-0.3, -0.25) is 0 Å². The molecule has 2 unspecified atom stereocenters. The molecule has 3 heteroatoms. The van der Waals surface area contributed by atoms with Crippen LogP contribution in [-0.2, 0) is 9.53 Å². The molecule has 0 heterocycles. The second-order valence-corrected chi connectivity index (χ2v) is 8.57. The van der Waals surface area contributed by atoms with Crippen LogP contribution >= 0.6 is 0 Å². The van der Waals surface area contributed by atoms with Gasteiger partial charge in [-0.15, -0.1) is 0 Å². The SMILES string of the molecule is CC(C)=CC(=O)OCCC12CC3CC(CC(CCO)(C3)C1)C2. The fourth-order valence-corrected chi connectivity index (χ4v) is 6.12. The van der Waals surface area contributed by atoms with E-state index >= 15 is 0 Å². The second kappa shape index (κ2) is 5.99. The molecule has 4 saturated carbocycles. The van der Waals surface area contributed by atoms with Crippen LogP contribution in [0.5, 0.6) is 0 Å². The van der Waals surface area contributed by atoms with Gasteiger partial charge in [-0.2, -0.15) is 0 Å². The van der Waals surface area contributed by atoms with E-state index in [1.807, 2.05) is 13.8 Å². The van der Waals surface area contributed by atoms with Crippen LogP contribution in [0.1, 0.15) is 65.2 Å². The maximum Gasteiger partial charge on any atom is 0.330 e. The molecule has 22 heavy (non-hydrogen) atoms. The average molecular weight is 306 g/mol. The molecule has 1 N–H and O–H groups in total. The quantitative estimate of drug-likeness (QED) is 0.599. The van der Waals surface area contributed by atoms with Crippen LogP contribution in [0.15, 0.2) is 11.6 Å². The lowest BCUT2D eigenvalue weighted by atomic mass is 9.43. The molecule has 2 atom stereocenters. The summed E-state index contributed by atoms with van der Waals surface area (Å²) in [5.41, 5.74) is 1.76. The van der Waals surface area contributed by atoms with Crippen molar-refractivity contribution >= 4 is 5.97 Å². The van der Waals surface area contributed by atoms with Crippen molar-refractivity contribution in [3.05, 3.63) is 11.6 Å². The number of rotatable bonds is 6. The molecule has 4 aliphatic carbocycles. The van der Waals surface area contributed by atoms with Crippen LogP contribution in [0.25, 0.3) is 0 Å². The molecule has 0 spiro atoms. The Kier molecular flexibility index (Phi) is 4.37. The molecule has 0 aromatic carbocycles. The van der Waals surface area contributed by atoms with Crippen LogP contribution in [-0.4, -0.2) is 24.3 Å². The lowest BCUT2D eigenvalue weighted by molar-refractivity contribution is -0.145. The third-order valence-corrected chi connectivity index (χ3v) is 6.23. The van der Waals surface area contributed by atoms with E-state index in [9.17, 15) is 9.90 Å². The van der Waals surface area contributed by atoms with Gasteiger partial charge in [0.1, 0.15) is 0 Å². The molecule has 0 aliphatic heterocycles. The number of carbonyl (C=O) groups excluding carboxylic acids is 1. The molecule has 0 aromatic rings. The number of allylic oxidation sites excluding steroid dienone is 1. The number of aliphatic hydroxyl groups excluding tert-OH is 1. The van der Waals surface area contributed by atoms with Crippen molar-refractivity contribution in [1.82, 2.24) is 0 Å². The van der Waals surface area contributed by atoms with Crippen molar-refractivity contribution in [2.75, 3.05) is 13.2 Å². The average Bonchev–Trinajstić information content (AvgIpc) is 2.35. The minimum Gasteiger partial charge on any atom is -0.463 e. The molecule has 0 saturated heterocycles. The zero-order chi connectivity index (χ0) is 15.8. The highest BCUT2D eigenvalue weighted by Gasteiger charge is 2.56. The highest BCUT2D eigenvalue weighted by atomic mass is 16.5. The van der Waals surface area contributed by atoms with Crippen molar-refractivity contribution in [3.8, 4) is 0 Å². The highest BCUT2D eigenvalue weighted by molar-refractivity contribution is 5.82. The predicted molar refractivity (Wildman–Crippen MR) is 86.3 cm³/mol. The Bertz CT molecular complexity index is 447. The summed E-state index contributed by atoms with van der Waals surface area (Å²) in [5.74, 6) is 1.50. The van der Waals surface area contributed by atoms with Crippen molar-refractivity contribution < 1.29 is 14.6 Å². The van der Waals surface area contributed by atoms with E-state index in [-0.39, 0.29) is 5.97 Å². The molecule has 124 valence electrons. The standard InChI is InChI=1S/C19H30O3/c1-14(2)7-17(21)22-6-4-19-11-15-8-16(12-19)10-18(9-15,13-19)3-5-20/h7,15-16,20H,3-6,8-13H2,1-2H3. The maximum atomic E-state index is 11.7. The van der Waals surface area contributed by atoms with Crippen LogP contribution in [0.3, 0.4) is 0 Å². The Morgan fingerprint density at radius 1 is 1.14 bits per heavy atom. The number of hydrogen-bond acceptors (Lipinski definition) is 3. The maximum absolute atomic E-state index is 11.7. The van der Waals surface area contributed by atoms with Crippen molar-refractivity contribution in [2.24, 2.45) is 22.7 Å². The Morgan fingerprint density at radius 2 is 1.73 bits per heavy atom. The summed E-state index contributed by atoms with van der Waals surface area (Å²) in [4.78, 5) is 11.7. The van der Waals surface area contributed by atoms with Gasteiger partial charge in [0.2, 0.25) is 0 Å². The van der Waals surface area contributed by atoms with E-state index in [0.29, 0.717) is 24.0 Å². The third-order valence-electron chi connectivity index (χ3n) is 6.23. The largest absolute Gasteiger partial charge is 0.463 e. The molecule has 0 amide bonds. The summed E-state index contributed by atoms with van der Waals surface area (Å²) in [6.45, 7) is 4.71. The van der Waals surface area contributed by atoms with Gasteiger partial charge in [0.25, 0.3) is 0 Å². The zero-order valence-electron chi connectivity index (χ0n) is 14.1. The summed E-state index contributed by atoms with van der Waals surface area (Å²) in [6, 6.07) is 0. The molecule has 0 radical (unpaired) electrons. The van der Waals surface area contributed by atoms with Gasteiger partial charge in [-0.25, -0.2) is 4.79 Å². The summed E-state index contributed by atoms with van der Waals surface area (Å²) in [5, 5.41) is 9.47. The van der Waals surface area contributed by atoms with E-state index in [1.54, 1.807) is 6.08 Å². The fourth-order valence-electron chi connectivity index (χ4n) is 6.12. The summed E-state index contributed by atoms with van der Waals surface area (Å²) in [6.07, 6.45) is 11.5. The Balaban J connectivity index is 1.61. The molecule has 4 rings (SSSR count). The van der Waals surface area contributed by atoms with Crippen LogP contribution in [0.4, 0.5) is 0 Å². The summed E-state index contributed by atoms with van der Waals surface area (Å²) < 4.78 is 5.42. The van der Waals surface area contributed by atoms with Gasteiger partial charge in [0, 0.05) is 12.7 Å². The molecular formula is C19H30O3. The molecule has 4 fully saturated rings. The molecule has 0 aromatic heterocycles. The Labute approximate surface area is 134 Å². The van der Waals surface area contributed by atoms with Crippen LogP contribution in [0, 0.1) is 22.7 Å². The Hall–Kier alpha value is -0.830. The van der Waals surface area contributed by atoms with E-state index in [0.717, 1.165) is 30.3 Å². The number of aliphatic hydroxyl groups is 1. The van der Waals surface area contributed by atoms with Gasteiger partial charge >= 0.3 is 5.97 Å². The summed E-state index contributed by atoms with van der Waals surface area (Å²) in [7, 11) is 0. The number of esters is 1. The molecular weight excluding hydrogens is 276 g/mol. The minimum absolute atomic E-state index is 0.199. The van der Waals surface area contributed by atoms with Crippen molar-refractivity contribution in [2.45, 2.75) is 65.2 Å². The molecule has 4 aliphatic rings. The second-order valence-electron chi connectivity index (χ2n) is 8.57. The van der Waals surface area contributed by atoms with E-state index in [2.05, 4.69) is 0 Å². The van der Waals surface area contributed by atoms with Gasteiger partial charge < -0.3 is 9.84 Å². The van der Waals surface area contributed by atoms with E-state index in [1.165, 1.54) is 38.5 Å². The fraction of sp³-hybridized carbons (Fsp3) is 0.842. The first kappa shape index (κ1) is 16.0. The predicted octanol–water partition coefficient (Wildman–Crippen LogP) is 3.85. The minimum atomic E-state index is -0.199. The van der Waals surface area contributed by atoms with Gasteiger partial charge in [0.05, 0.1) is 6.61 Å². The summed E-state index contributed by atoms with van der Waals surface area (Å²) >= 11 is 0. The first-order valence-electron chi connectivity index (χ1n) is 8.87.